The topological polar surface area (TPSA) is 38.0 Å². The van der Waals surface area contributed by atoms with Gasteiger partial charge in [-0.25, -0.2) is 4.98 Å². The van der Waals surface area contributed by atoms with E-state index in [1.165, 1.54) is 0 Å². The van der Waals surface area contributed by atoms with E-state index in [1.54, 1.807) is 0 Å². The number of benzene rings is 3. The zero-order valence-electron chi connectivity index (χ0n) is 14.1. The Labute approximate surface area is 147 Å². The van der Waals surface area contributed by atoms with Gasteiger partial charge in [0.2, 0.25) is 0 Å². The molecule has 0 fully saturated rings. The molecular formula is C22H20N2O. The van der Waals surface area contributed by atoms with Crippen molar-refractivity contribution < 1.29 is 5.11 Å². The fraction of sp³-hybridized carbons (Fsp3) is 0.136. The number of aliphatic hydroxyl groups excluding tert-OH is 1. The molecule has 1 N–H and O–H groups in total. The smallest absolute Gasteiger partial charge is 0.139 e. The molecule has 124 valence electrons. The third kappa shape index (κ3) is 2.83. The normalized spacial score (nSPS) is 12.6. The number of hydrogen-bond donors (Lipinski definition) is 1. The summed E-state index contributed by atoms with van der Waals surface area (Å²) in [6, 6.07) is 28.2. The van der Waals surface area contributed by atoms with E-state index in [-0.39, 0.29) is 5.92 Å². The highest BCUT2D eigenvalue weighted by molar-refractivity contribution is 5.75. The van der Waals surface area contributed by atoms with Gasteiger partial charge in [0.25, 0.3) is 0 Å². The molecule has 4 aromatic rings. The molecule has 0 radical (unpaired) electrons. The Kier molecular flexibility index (Phi) is 4.08. The molecule has 3 aromatic carbocycles. The summed E-state index contributed by atoms with van der Waals surface area (Å²) in [4.78, 5) is 4.70. The first kappa shape index (κ1) is 15.6. The molecule has 1 heterocycles. The summed E-state index contributed by atoms with van der Waals surface area (Å²) in [5.41, 5.74) is 4.08. The van der Waals surface area contributed by atoms with E-state index in [2.05, 4.69) is 24.3 Å². The number of para-hydroxylation sites is 2. The van der Waals surface area contributed by atoms with E-state index in [0.717, 1.165) is 22.2 Å². The van der Waals surface area contributed by atoms with Crippen molar-refractivity contribution in [2.75, 3.05) is 0 Å². The predicted octanol–water partition coefficient (Wildman–Crippen LogP) is 4.44. The van der Waals surface area contributed by atoms with E-state index in [9.17, 15) is 5.11 Å². The molecule has 0 aliphatic carbocycles. The maximum atomic E-state index is 11.3. The average Bonchev–Trinajstić information content (AvgIpc) is 3.01. The molecule has 25 heavy (non-hydrogen) atoms. The number of aryl methyl sites for hydroxylation is 1. The van der Waals surface area contributed by atoms with Crippen LogP contribution in [0.2, 0.25) is 0 Å². The van der Waals surface area contributed by atoms with Gasteiger partial charge in [-0.15, -0.1) is 0 Å². The molecule has 0 saturated carbocycles. The first-order valence-electron chi connectivity index (χ1n) is 8.45. The number of fused-ring (bicyclic) bond motifs is 1. The van der Waals surface area contributed by atoms with Gasteiger partial charge in [-0.2, -0.15) is 0 Å². The van der Waals surface area contributed by atoms with E-state index in [4.69, 9.17) is 4.98 Å². The summed E-state index contributed by atoms with van der Waals surface area (Å²) in [6.07, 6.45) is -0.734. The van der Waals surface area contributed by atoms with Crippen LogP contribution in [0.15, 0.2) is 84.9 Å². The Morgan fingerprint density at radius 1 is 0.760 bits per heavy atom. The van der Waals surface area contributed by atoms with Crippen LogP contribution in [0.4, 0.5) is 0 Å². The highest BCUT2D eigenvalue weighted by atomic mass is 16.3. The summed E-state index contributed by atoms with van der Waals surface area (Å²) in [5.74, 6) is 0.511. The molecule has 0 spiro atoms. The minimum Gasteiger partial charge on any atom is -0.384 e. The van der Waals surface area contributed by atoms with Crippen molar-refractivity contribution in [3.05, 3.63) is 102 Å². The van der Waals surface area contributed by atoms with Crippen LogP contribution in [-0.2, 0) is 7.05 Å². The zero-order chi connectivity index (χ0) is 17.2. The van der Waals surface area contributed by atoms with Crippen molar-refractivity contribution in [3.63, 3.8) is 0 Å². The lowest BCUT2D eigenvalue weighted by Gasteiger charge is -2.24. The largest absolute Gasteiger partial charge is 0.384 e. The van der Waals surface area contributed by atoms with Gasteiger partial charge in [0.05, 0.1) is 11.0 Å². The first-order chi connectivity index (χ1) is 12.3. The molecular weight excluding hydrogens is 308 g/mol. The van der Waals surface area contributed by atoms with Crippen LogP contribution in [-0.4, -0.2) is 14.7 Å². The van der Waals surface area contributed by atoms with Crippen LogP contribution < -0.4 is 0 Å². The van der Waals surface area contributed by atoms with Gasteiger partial charge >= 0.3 is 0 Å². The molecule has 4 rings (SSSR count). The van der Waals surface area contributed by atoms with Crippen molar-refractivity contribution in [2.45, 2.75) is 12.0 Å². The van der Waals surface area contributed by atoms with Gasteiger partial charge in [0.15, 0.2) is 0 Å². The molecule has 1 aromatic heterocycles. The lowest BCUT2D eigenvalue weighted by Crippen LogP contribution is -2.16. The number of hydrogen-bond acceptors (Lipinski definition) is 2. The lowest BCUT2D eigenvalue weighted by molar-refractivity contribution is 0.146. The molecule has 3 nitrogen and oxygen atoms in total. The second kappa shape index (κ2) is 6.54. The Bertz CT molecular complexity index is 937. The fourth-order valence-corrected chi connectivity index (χ4v) is 3.46. The third-order valence-electron chi connectivity index (χ3n) is 4.72. The molecule has 0 amide bonds. The van der Waals surface area contributed by atoms with E-state index in [0.29, 0.717) is 5.82 Å². The maximum absolute atomic E-state index is 11.3. The standard InChI is InChI=1S/C22H20N2O/c1-24-19-15-9-8-14-18(19)23-22(24)21(25)20(16-10-4-2-5-11-16)17-12-6-3-7-13-17/h2-15,20-21,25H,1H3. The highest BCUT2D eigenvalue weighted by Crippen LogP contribution is 2.37. The lowest BCUT2D eigenvalue weighted by atomic mass is 9.86. The molecule has 1 atom stereocenters. The van der Waals surface area contributed by atoms with Gasteiger partial charge < -0.3 is 9.67 Å². The van der Waals surface area contributed by atoms with Crippen molar-refractivity contribution in [3.8, 4) is 0 Å². The molecule has 0 bridgehead atoms. The predicted molar refractivity (Wildman–Crippen MR) is 100 cm³/mol. The number of aliphatic hydroxyl groups is 1. The number of imidazole rings is 1. The van der Waals surface area contributed by atoms with Gasteiger partial charge in [0, 0.05) is 13.0 Å². The summed E-state index contributed by atoms with van der Waals surface area (Å²) in [7, 11) is 1.96. The second-order valence-corrected chi connectivity index (χ2v) is 6.26. The Balaban J connectivity index is 1.85. The van der Waals surface area contributed by atoms with Crippen molar-refractivity contribution in [1.82, 2.24) is 9.55 Å². The number of nitrogens with zero attached hydrogens (tertiary/aromatic N) is 2. The number of rotatable bonds is 4. The summed E-state index contributed by atoms with van der Waals surface area (Å²) in [6.45, 7) is 0. The minimum absolute atomic E-state index is 0.169. The summed E-state index contributed by atoms with van der Waals surface area (Å²) >= 11 is 0. The number of aromatic nitrogens is 2. The second-order valence-electron chi connectivity index (χ2n) is 6.26. The van der Waals surface area contributed by atoms with Crippen molar-refractivity contribution in [1.29, 1.82) is 0 Å². The zero-order valence-corrected chi connectivity index (χ0v) is 14.1. The first-order valence-corrected chi connectivity index (χ1v) is 8.45. The Morgan fingerprint density at radius 3 is 1.84 bits per heavy atom. The van der Waals surface area contributed by atoms with Crippen LogP contribution in [0.1, 0.15) is 29.0 Å². The summed E-state index contributed by atoms with van der Waals surface area (Å²) < 4.78 is 1.98. The maximum Gasteiger partial charge on any atom is 0.139 e. The van der Waals surface area contributed by atoms with Crippen LogP contribution in [0.3, 0.4) is 0 Å². The van der Waals surface area contributed by atoms with Gasteiger partial charge in [-0.3, -0.25) is 0 Å². The highest BCUT2D eigenvalue weighted by Gasteiger charge is 2.28. The van der Waals surface area contributed by atoms with Crippen LogP contribution >= 0.6 is 0 Å². The van der Waals surface area contributed by atoms with E-state index in [1.807, 2.05) is 72.3 Å². The molecule has 0 aliphatic heterocycles. The Hall–Kier alpha value is -2.91. The molecule has 1 unspecified atom stereocenters. The van der Waals surface area contributed by atoms with Gasteiger partial charge in [-0.05, 0) is 23.3 Å². The van der Waals surface area contributed by atoms with E-state index < -0.39 is 6.10 Å². The SMILES string of the molecule is Cn1c(C(O)C(c2ccccc2)c2ccccc2)nc2ccccc21. The molecule has 0 aliphatic rings. The monoisotopic (exact) mass is 328 g/mol. The quantitative estimate of drug-likeness (QED) is 0.601. The van der Waals surface area contributed by atoms with Gasteiger partial charge in [0.1, 0.15) is 11.9 Å². The van der Waals surface area contributed by atoms with Crippen LogP contribution in [0, 0.1) is 0 Å². The molecule has 0 saturated heterocycles. The van der Waals surface area contributed by atoms with E-state index >= 15 is 0 Å². The summed E-state index contributed by atoms with van der Waals surface area (Å²) in [5, 5.41) is 11.3. The van der Waals surface area contributed by atoms with Crippen molar-refractivity contribution in [2.24, 2.45) is 7.05 Å². The average molecular weight is 328 g/mol. The van der Waals surface area contributed by atoms with Crippen LogP contribution in [0.25, 0.3) is 11.0 Å². The fourth-order valence-electron chi connectivity index (χ4n) is 3.46. The Morgan fingerprint density at radius 2 is 1.28 bits per heavy atom. The van der Waals surface area contributed by atoms with Gasteiger partial charge in [-0.1, -0.05) is 72.8 Å². The minimum atomic E-state index is -0.734. The van der Waals surface area contributed by atoms with Crippen molar-refractivity contribution >= 4 is 11.0 Å². The molecule has 3 heteroatoms. The third-order valence-corrected chi connectivity index (χ3v) is 4.72. The van der Waals surface area contributed by atoms with Crippen LogP contribution in [0.5, 0.6) is 0 Å².